The van der Waals surface area contributed by atoms with Crippen molar-refractivity contribution in [2.24, 2.45) is 5.92 Å². The minimum absolute atomic E-state index is 0.766. The smallest absolute Gasteiger partial charge is 0.0197 e. The summed E-state index contributed by atoms with van der Waals surface area (Å²) in [4.78, 5) is 5.18. The number of nitrogens with zero attached hydrogens (tertiary/aromatic N) is 2. The van der Waals surface area contributed by atoms with Crippen molar-refractivity contribution in [3.63, 3.8) is 0 Å². The molecule has 19 heavy (non-hydrogen) atoms. The molecule has 3 nitrogen and oxygen atoms in total. The molecule has 3 rings (SSSR count). The van der Waals surface area contributed by atoms with Gasteiger partial charge in [-0.25, -0.2) is 0 Å². The Morgan fingerprint density at radius 1 is 0.895 bits per heavy atom. The highest BCUT2D eigenvalue weighted by atomic mass is 15.2. The first kappa shape index (κ1) is 13.8. The molecule has 1 saturated carbocycles. The molecule has 0 bridgehead atoms. The molecule has 2 aliphatic heterocycles. The Labute approximate surface area is 118 Å². The molecule has 110 valence electrons. The molecule has 1 aliphatic carbocycles. The molecule has 0 aromatic carbocycles. The summed E-state index contributed by atoms with van der Waals surface area (Å²) in [6, 6.07) is 1.62. The van der Waals surface area contributed by atoms with Gasteiger partial charge in [0.05, 0.1) is 0 Å². The normalized spacial score (nSPS) is 38.7. The number of hydrogen-bond acceptors (Lipinski definition) is 3. The summed E-state index contributed by atoms with van der Waals surface area (Å²) in [6.07, 6.45) is 10.1. The van der Waals surface area contributed by atoms with Gasteiger partial charge >= 0.3 is 0 Å². The lowest BCUT2D eigenvalue weighted by Crippen LogP contribution is -2.53. The zero-order valence-corrected chi connectivity index (χ0v) is 12.6. The molecule has 0 aromatic rings. The van der Waals surface area contributed by atoms with Crippen molar-refractivity contribution in [3.05, 3.63) is 0 Å². The van der Waals surface area contributed by atoms with Crippen LogP contribution in [0.2, 0.25) is 0 Å². The van der Waals surface area contributed by atoms with Gasteiger partial charge in [0.2, 0.25) is 0 Å². The first-order valence-corrected chi connectivity index (χ1v) is 8.48. The summed E-state index contributed by atoms with van der Waals surface area (Å²) in [5.41, 5.74) is 0. The second-order valence-corrected chi connectivity index (χ2v) is 7.05. The Bertz CT molecular complexity index is 281. The fraction of sp³-hybridized carbons (Fsp3) is 1.00. The molecule has 3 atom stereocenters. The van der Waals surface area contributed by atoms with Gasteiger partial charge in [0.1, 0.15) is 0 Å². The minimum atomic E-state index is 0.766. The second kappa shape index (κ2) is 6.55. The lowest BCUT2D eigenvalue weighted by atomic mass is 9.78. The van der Waals surface area contributed by atoms with Gasteiger partial charge in [-0.15, -0.1) is 0 Å². The third kappa shape index (κ3) is 3.71. The van der Waals surface area contributed by atoms with Gasteiger partial charge in [-0.1, -0.05) is 12.8 Å². The van der Waals surface area contributed by atoms with Gasteiger partial charge < -0.3 is 15.1 Å². The molecule has 0 spiro atoms. The van der Waals surface area contributed by atoms with Crippen LogP contribution >= 0.6 is 0 Å². The average Bonchev–Trinajstić information content (AvgIpc) is 2.64. The number of fused-ring (bicyclic) bond motifs is 1. The van der Waals surface area contributed by atoms with E-state index in [4.69, 9.17) is 0 Å². The predicted octanol–water partition coefficient (Wildman–Crippen LogP) is 1.93. The van der Waals surface area contributed by atoms with E-state index in [0.29, 0.717) is 0 Å². The maximum atomic E-state index is 3.98. The highest BCUT2D eigenvalue weighted by Crippen LogP contribution is 2.32. The quantitative estimate of drug-likeness (QED) is 0.823. The monoisotopic (exact) mass is 265 g/mol. The van der Waals surface area contributed by atoms with Gasteiger partial charge in [0.25, 0.3) is 0 Å². The topological polar surface area (TPSA) is 18.5 Å². The van der Waals surface area contributed by atoms with E-state index in [-0.39, 0.29) is 0 Å². The number of hydrogen-bond donors (Lipinski definition) is 1. The number of nitrogens with one attached hydrogen (secondary N) is 1. The number of rotatable bonds is 2. The van der Waals surface area contributed by atoms with E-state index in [9.17, 15) is 0 Å². The summed E-state index contributed by atoms with van der Waals surface area (Å²) < 4.78 is 0. The van der Waals surface area contributed by atoms with Crippen molar-refractivity contribution in [2.45, 2.75) is 57.0 Å². The van der Waals surface area contributed by atoms with Crippen LogP contribution in [0.25, 0.3) is 0 Å². The fourth-order valence-corrected chi connectivity index (χ4v) is 4.31. The summed E-state index contributed by atoms with van der Waals surface area (Å²) in [5, 5.41) is 3.98. The van der Waals surface area contributed by atoms with Crippen LogP contribution in [0, 0.1) is 5.92 Å². The summed E-state index contributed by atoms with van der Waals surface area (Å²) in [6.45, 7) is 6.38. The maximum Gasteiger partial charge on any atom is 0.0197 e. The first-order chi connectivity index (χ1) is 9.31. The molecular formula is C16H31N3. The Kier molecular flexibility index (Phi) is 4.78. The number of piperidine rings is 1. The molecule has 0 amide bonds. The zero-order chi connectivity index (χ0) is 13.1. The Hall–Kier alpha value is -0.120. The summed E-state index contributed by atoms with van der Waals surface area (Å²) in [7, 11) is 2.26. The van der Waals surface area contributed by atoms with Crippen LogP contribution in [0.15, 0.2) is 0 Å². The van der Waals surface area contributed by atoms with E-state index < -0.39 is 0 Å². The van der Waals surface area contributed by atoms with Crippen LogP contribution in [0.3, 0.4) is 0 Å². The van der Waals surface area contributed by atoms with Crippen molar-refractivity contribution in [3.8, 4) is 0 Å². The Morgan fingerprint density at radius 3 is 2.74 bits per heavy atom. The lowest BCUT2D eigenvalue weighted by molar-refractivity contribution is 0.145. The molecule has 1 N–H and O–H groups in total. The molecule has 3 unspecified atom stereocenters. The summed E-state index contributed by atoms with van der Waals surface area (Å²) >= 11 is 0. The molecule has 2 heterocycles. The van der Waals surface area contributed by atoms with Crippen molar-refractivity contribution in [1.82, 2.24) is 15.1 Å². The predicted molar refractivity (Wildman–Crippen MR) is 80.5 cm³/mol. The van der Waals surface area contributed by atoms with E-state index in [0.717, 1.165) is 18.0 Å². The molecule has 3 heteroatoms. The second-order valence-electron chi connectivity index (χ2n) is 7.05. The van der Waals surface area contributed by atoms with Gasteiger partial charge in [-0.05, 0) is 58.2 Å². The van der Waals surface area contributed by atoms with E-state index in [2.05, 4.69) is 22.2 Å². The molecular weight excluding hydrogens is 234 g/mol. The van der Waals surface area contributed by atoms with Gasteiger partial charge in [0.15, 0.2) is 0 Å². The van der Waals surface area contributed by atoms with E-state index in [1.54, 1.807) is 0 Å². The molecule has 3 aliphatic rings. The molecule has 0 radical (unpaired) electrons. The fourth-order valence-electron chi connectivity index (χ4n) is 4.31. The van der Waals surface area contributed by atoms with Gasteiger partial charge in [0, 0.05) is 31.7 Å². The SMILES string of the molecule is CN1CCCN(CC2CCC3CCCCC3N2)CC1. The highest BCUT2D eigenvalue weighted by molar-refractivity contribution is 4.90. The third-order valence-corrected chi connectivity index (χ3v) is 5.54. The molecule has 3 fully saturated rings. The maximum absolute atomic E-state index is 3.98. The van der Waals surface area contributed by atoms with Crippen molar-refractivity contribution < 1.29 is 0 Å². The summed E-state index contributed by atoms with van der Waals surface area (Å²) in [5.74, 6) is 1.00. The van der Waals surface area contributed by atoms with Crippen LogP contribution in [0.5, 0.6) is 0 Å². The van der Waals surface area contributed by atoms with Crippen LogP contribution in [-0.2, 0) is 0 Å². The molecule has 0 aromatic heterocycles. The van der Waals surface area contributed by atoms with Crippen molar-refractivity contribution in [1.29, 1.82) is 0 Å². The van der Waals surface area contributed by atoms with Crippen molar-refractivity contribution in [2.75, 3.05) is 39.8 Å². The van der Waals surface area contributed by atoms with Crippen LogP contribution < -0.4 is 5.32 Å². The molecule has 2 saturated heterocycles. The van der Waals surface area contributed by atoms with Crippen LogP contribution in [0.4, 0.5) is 0 Å². The average molecular weight is 265 g/mol. The third-order valence-electron chi connectivity index (χ3n) is 5.54. The standard InChI is InChI=1S/C16H31N3/c1-18-9-4-10-19(12-11-18)13-15-8-7-14-5-2-3-6-16(14)17-15/h14-17H,2-13H2,1H3. The number of likely N-dealkylation sites (N-methyl/N-ethyl adjacent to an activating group) is 1. The van der Waals surface area contributed by atoms with E-state index >= 15 is 0 Å². The van der Waals surface area contributed by atoms with Crippen LogP contribution in [0.1, 0.15) is 44.9 Å². The minimum Gasteiger partial charge on any atom is -0.310 e. The first-order valence-electron chi connectivity index (χ1n) is 8.48. The van der Waals surface area contributed by atoms with Gasteiger partial charge in [-0.2, -0.15) is 0 Å². The van der Waals surface area contributed by atoms with E-state index in [1.807, 2.05) is 0 Å². The largest absolute Gasteiger partial charge is 0.310 e. The zero-order valence-electron chi connectivity index (χ0n) is 12.6. The van der Waals surface area contributed by atoms with Gasteiger partial charge in [-0.3, -0.25) is 0 Å². The van der Waals surface area contributed by atoms with Crippen LogP contribution in [-0.4, -0.2) is 61.7 Å². The van der Waals surface area contributed by atoms with Crippen molar-refractivity contribution >= 4 is 0 Å². The Morgan fingerprint density at radius 2 is 1.79 bits per heavy atom. The Balaban J connectivity index is 1.47. The van der Waals surface area contributed by atoms with E-state index in [1.165, 1.54) is 77.7 Å². The highest BCUT2D eigenvalue weighted by Gasteiger charge is 2.32. The lowest BCUT2D eigenvalue weighted by Gasteiger charge is -2.42.